The lowest BCUT2D eigenvalue weighted by Gasteiger charge is -2.51. The highest BCUT2D eigenvalue weighted by Gasteiger charge is 2.49. The maximum atomic E-state index is 13.1. The fraction of sp³-hybridized carbons (Fsp3) is 0.722. The minimum absolute atomic E-state index is 0.285. The number of nitrogens with zero attached hydrogens (tertiary/aromatic N) is 3. The van der Waals surface area contributed by atoms with E-state index in [1.165, 1.54) is 0 Å². The van der Waals surface area contributed by atoms with Gasteiger partial charge in [0.05, 0.1) is 12.8 Å². The van der Waals surface area contributed by atoms with E-state index in [4.69, 9.17) is 4.42 Å². The zero-order chi connectivity index (χ0) is 16.4. The molecule has 1 amide bonds. The molecule has 2 aliphatic rings. The van der Waals surface area contributed by atoms with Gasteiger partial charge in [-0.3, -0.25) is 14.6 Å². The van der Waals surface area contributed by atoms with E-state index >= 15 is 0 Å². The predicted octanol–water partition coefficient (Wildman–Crippen LogP) is 2.04. The normalized spacial score (nSPS) is 23.1. The van der Waals surface area contributed by atoms with Crippen LogP contribution < -0.4 is 0 Å². The Labute approximate surface area is 139 Å². The van der Waals surface area contributed by atoms with Crippen molar-refractivity contribution in [3.8, 4) is 0 Å². The van der Waals surface area contributed by atoms with Crippen molar-refractivity contribution in [3.63, 3.8) is 0 Å². The standard InChI is InChI=1S/C18H29N3O2/c1-15(2)13-21-11-10-19(3)18(17(21)22)6-8-20(9-7-18)14-16-5-4-12-23-16/h4-5,12,15H,6-11,13-14H2,1-3H3. The lowest BCUT2D eigenvalue weighted by atomic mass is 9.82. The van der Waals surface area contributed by atoms with E-state index in [0.717, 1.165) is 57.9 Å². The molecular formula is C18H29N3O2. The number of hydrogen-bond donors (Lipinski definition) is 0. The van der Waals surface area contributed by atoms with Crippen molar-refractivity contribution in [2.24, 2.45) is 5.92 Å². The van der Waals surface area contributed by atoms with Crippen molar-refractivity contribution in [1.29, 1.82) is 0 Å². The molecule has 0 atom stereocenters. The van der Waals surface area contributed by atoms with E-state index in [1.54, 1.807) is 6.26 Å². The molecule has 128 valence electrons. The summed E-state index contributed by atoms with van der Waals surface area (Å²) < 4.78 is 5.45. The topological polar surface area (TPSA) is 39.9 Å². The first-order valence-corrected chi connectivity index (χ1v) is 8.76. The Kier molecular flexibility index (Phi) is 4.78. The van der Waals surface area contributed by atoms with Crippen LogP contribution >= 0.6 is 0 Å². The zero-order valence-corrected chi connectivity index (χ0v) is 14.6. The Bertz CT molecular complexity index is 518. The summed E-state index contributed by atoms with van der Waals surface area (Å²) in [5, 5.41) is 0. The summed E-state index contributed by atoms with van der Waals surface area (Å²) in [6.45, 7) is 9.84. The first-order valence-electron chi connectivity index (χ1n) is 8.76. The van der Waals surface area contributed by atoms with Gasteiger partial charge in [0.2, 0.25) is 5.91 Å². The third-order valence-corrected chi connectivity index (χ3v) is 5.35. The highest BCUT2D eigenvalue weighted by atomic mass is 16.3. The lowest BCUT2D eigenvalue weighted by Crippen LogP contribution is -2.67. The summed E-state index contributed by atoms with van der Waals surface area (Å²) >= 11 is 0. The summed E-state index contributed by atoms with van der Waals surface area (Å²) in [6.07, 6.45) is 3.55. The number of hydrogen-bond acceptors (Lipinski definition) is 4. The molecular weight excluding hydrogens is 290 g/mol. The summed E-state index contributed by atoms with van der Waals surface area (Å²) in [6, 6.07) is 3.95. The zero-order valence-electron chi connectivity index (χ0n) is 14.6. The number of likely N-dealkylation sites (tertiary alicyclic amines) is 1. The van der Waals surface area contributed by atoms with Crippen LogP contribution in [0, 0.1) is 5.92 Å². The summed E-state index contributed by atoms with van der Waals surface area (Å²) in [5.74, 6) is 1.88. The van der Waals surface area contributed by atoms with Crippen LogP contribution in [0.1, 0.15) is 32.4 Å². The molecule has 1 spiro atoms. The third-order valence-electron chi connectivity index (χ3n) is 5.35. The molecule has 0 aromatic carbocycles. The number of likely N-dealkylation sites (N-methyl/N-ethyl adjacent to an activating group) is 1. The average Bonchev–Trinajstić information content (AvgIpc) is 3.03. The number of carbonyl (C=O) groups is 1. The number of piperazine rings is 1. The van der Waals surface area contributed by atoms with Gasteiger partial charge in [0, 0.05) is 32.7 Å². The van der Waals surface area contributed by atoms with Gasteiger partial charge in [0.25, 0.3) is 0 Å². The van der Waals surface area contributed by atoms with Crippen LogP contribution in [0.3, 0.4) is 0 Å². The molecule has 0 unspecified atom stereocenters. The second-order valence-corrected chi connectivity index (χ2v) is 7.45. The van der Waals surface area contributed by atoms with Crippen LogP contribution in [-0.4, -0.2) is 65.9 Å². The van der Waals surface area contributed by atoms with E-state index in [2.05, 4.69) is 35.6 Å². The first-order chi connectivity index (χ1) is 11.0. The summed E-state index contributed by atoms with van der Waals surface area (Å²) in [7, 11) is 2.12. The largest absolute Gasteiger partial charge is 0.468 e. The van der Waals surface area contributed by atoms with Gasteiger partial charge in [-0.2, -0.15) is 0 Å². The summed E-state index contributed by atoms with van der Waals surface area (Å²) in [4.78, 5) is 19.9. The number of amides is 1. The SMILES string of the molecule is CC(C)CN1CCN(C)C2(CCN(Cc3ccco3)CC2)C1=O. The number of carbonyl (C=O) groups excluding carboxylic acids is 1. The Balaban J connectivity index is 1.65. The smallest absolute Gasteiger partial charge is 0.243 e. The quantitative estimate of drug-likeness (QED) is 0.851. The van der Waals surface area contributed by atoms with Gasteiger partial charge in [-0.05, 0) is 37.9 Å². The molecule has 3 heterocycles. The summed E-state index contributed by atoms with van der Waals surface area (Å²) in [5.41, 5.74) is -0.285. The molecule has 2 fully saturated rings. The molecule has 0 aliphatic carbocycles. The number of piperidine rings is 1. The van der Waals surface area contributed by atoms with Crippen molar-refractivity contribution >= 4 is 5.91 Å². The first kappa shape index (κ1) is 16.5. The lowest BCUT2D eigenvalue weighted by molar-refractivity contribution is -0.155. The van der Waals surface area contributed by atoms with Crippen LogP contribution in [0.4, 0.5) is 0 Å². The van der Waals surface area contributed by atoms with E-state index in [0.29, 0.717) is 11.8 Å². The van der Waals surface area contributed by atoms with Crippen molar-refractivity contribution in [2.75, 3.05) is 39.8 Å². The molecule has 3 rings (SSSR count). The minimum Gasteiger partial charge on any atom is -0.468 e. The monoisotopic (exact) mass is 319 g/mol. The Morgan fingerprint density at radius 3 is 2.57 bits per heavy atom. The molecule has 2 saturated heterocycles. The van der Waals surface area contributed by atoms with Gasteiger partial charge >= 0.3 is 0 Å². The van der Waals surface area contributed by atoms with Gasteiger partial charge in [-0.15, -0.1) is 0 Å². The van der Waals surface area contributed by atoms with Gasteiger partial charge < -0.3 is 9.32 Å². The van der Waals surface area contributed by atoms with Gasteiger partial charge in [-0.25, -0.2) is 0 Å². The van der Waals surface area contributed by atoms with Crippen molar-refractivity contribution in [2.45, 2.75) is 38.8 Å². The molecule has 2 aliphatic heterocycles. The average molecular weight is 319 g/mol. The van der Waals surface area contributed by atoms with Gasteiger partial charge in [0.1, 0.15) is 11.3 Å². The predicted molar refractivity (Wildman–Crippen MR) is 90.0 cm³/mol. The van der Waals surface area contributed by atoms with Crippen LogP contribution in [-0.2, 0) is 11.3 Å². The number of furan rings is 1. The second kappa shape index (κ2) is 6.65. The molecule has 23 heavy (non-hydrogen) atoms. The highest BCUT2D eigenvalue weighted by molar-refractivity contribution is 5.87. The Morgan fingerprint density at radius 1 is 1.22 bits per heavy atom. The van der Waals surface area contributed by atoms with Gasteiger partial charge in [0.15, 0.2) is 0 Å². The van der Waals surface area contributed by atoms with Gasteiger partial charge in [-0.1, -0.05) is 13.8 Å². The van der Waals surface area contributed by atoms with Crippen molar-refractivity contribution < 1.29 is 9.21 Å². The van der Waals surface area contributed by atoms with Crippen molar-refractivity contribution in [1.82, 2.24) is 14.7 Å². The fourth-order valence-corrected chi connectivity index (χ4v) is 3.96. The molecule has 0 bridgehead atoms. The molecule has 0 radical (unpaired) electrons. The van der Waals surface area contributed by atoms with Crippen LogP contribution in [0.15, 0.2) is 22.8 Å². The maximum absolute atomic E-state index is 13.1. The minimum atomic E-state index is -0.285. The Hall–Kier alpha value is -1.33. The maximum Gasteiger partial charge on any atom is 0.243 e. The fourth-order valence-electron chi connectivity index (χ4n) is 3.96. The van der Waals surface area contributed by atoms with Crippen LogP contribution in [0.25, 0.3) is 0 Å². The number of rotatable bonds is 4. The van der Waals surface area contributed by atoms with Crippen LogP contribution in [0.5, 0.6) is 0 Å². The van der Waals surface area contributed by atoms with E-state index in [9.17, 15) is 4.79 Å². The molecule has 5 heteroatoms. The highest BCUT2D eigenvalue weighted by Crippen LogP contribution is 2.33. The van der Waals surface area contributed by atoms with E-state index in [1.807, 2.05) is 12.1 Å². The molecule has 1 aromatic rings. The Morgan fingerprint density at radius 2 is 1.96 bits per heavy atom. The third kappa shape index (κ3) is 3.31. The van der Waals surface area contributed by atoms with Crippen molar-refractivity contribution in [3.05, 3.63) is 24.2 Å². The molecule has 0 saturated carbocycles. The van der Waals surface area contributed by atoms with Crippen LogP contribution in [0.2, 0.25) is 0 Å². The van der Waals surface area contributed by atoms with E-state index < -0.39 is 0 Å². The molecule has 0 N–H and O–H groups in total. The van der Waals surface area contributed by atoms with E-state index in [-0.39, 0.29) is 5.54 Å². The molecule has 1 aromatic heterocycles. The molecule has 5 nitrogen and oxygen atoms in total. The second-order valence-electron chi connectivity index (χ2n) is 7.45.